The first-order chi connectivity index (χ1) is 7.57. The van der Waals surface area contributed by atoms with E-state index in [2.05, 4.69) is 0 Å². The monoisotopic (exact) mass is 305 g/mol. The van der Waals surface area contributed by atoms with Gasteiger partial charge in [0.1, 0.15) is 6.04 Å². The molecular weight excluding hydrogens is 290 g/mol. The van der Waals surface area contributed by atoms with Crippen LogP contribution in [0, 0.1) is 0 Å². The summed E-state index contributed by atoms with van der Waals surface area (Å²) in [7, 11) is -7.86. The molecule has 0 amide bonds. The smallest absolute Gasteiger partial charge is 0.321 e. The Kier molecular flexibility index (Phi) is 6.45. The lowest BCUT2D eigenvalue weighted by atomic mass is 10.2. The SMILES string of the molecule is CSCC[C@@H](NS(=O)(=O)CS(C)(=O)=O)C(=O)O. The molecule has 0 aromatic rings. The number of aliphatic carboxylic acids is 1. The summed E-state index contributed by atoms with van der Waals surface area (Å²) in [6, 6.07) is -1.30. The second-order valence-electron chi connectivity index (χ2n) is 3.45. The van der Waals surface area contributed by atoms with Crippen molar-refractivity contribution in [1.82, 2.24) is 4.72 Å². The Morgan fingerprint density at radius 2 is 1.88 bits per heavy atom. The molecule has 102 valence electrons. The van der Waals surface area contributed by atoms with Gasteiger partial charge in [-0.2, -0.15) is 11.8 Å². The second kappa shape index (κ2) is 6.57. The quantitative estimate of drug-likeness (QED) is 0.597. The zero-order valence-corrected chi connectivity index (χ0v) is 11.9. The van der Waals surface area contributed by atoms with Crippen molar-refractivity contribution in [2.45, 2.75) is 12.5 Å². The molecule has 0 saturated heterocycles. The van der Waals surface area contributed by atoms with Crippen LogP contribution in [-0.2, 0) is 24.7 Å². The maximum atomic E-state index is 11.4. The number of thioether (sulfide) groups is 1. The van der Waals surface area contributed by atoms with E-state index in [9.17, 15) is 21.6 Å². The van der Waals surface area contributed by atoms with E-state index in [1.54, 1.807) is 6.26 Å². The zero-order valence-electron chi connectivity index (χ0n) is 9.41. The lowest BCUT2D eigenvalue weighted by molar-refractivity contribution is -0.139. The number of carboxylic acid groups (broad SMARTS) is 1. The minimum Gasteiger partial charge on any atom is -0.480 e. The van der Waals surface area contributed by atoms with E-state index in [-0.39, 0.29) is 6.42 Å². The minimum absolute atomic E-state index is 0.0967. The minimum atomic E-state index is -4.14. The summed E-state index contributed by atoms with van der Waals surface area (Å²) >= 11 is 1.37. The lowest BCUT2D eigenvalue weighted by Crippen LogP contribution is -2.43. The van der Waals surface area contributed by atoms with Gasteiger partial charge in [-0.15, -0.1) is 0 Å². The first-order valence-electron chi connectivity index (χ1n) is 4.47. The maximum absolute atomic E-state index is 11.4. The van der Waals surface area contributed by atoms with E-state index in [4.69, 9.17) is 5.11 Å². The van der Waals surface area contributed by atoms with Gasteiger partial charge in [-0.1, -0.05) is 0 Å². The van der Waals surface area contributed by atoms with Crippen molar-refractivity contribution in [3.63, 3.8) is 0 Å². The van der Waals surface area contributed by atoms with Crippen molar-refractivity contribution in [2.75, 3.05) is 23.3 Å². The van der Waals surface area contributed by atoms with Gasteiger partial charge in [0.2, 0.25) is 10.0 Å². The molecular formula is C7H15NO6S3. The van der Waals surface area contributed by atoms with Crippen LogP contribution in [0.15, 0.2) is 0 Å². The molecule has 0 spiro atoms. The third-order valence-corrected chi connectivity index (χ3v) is 5.84. The van der Waals surface area contributed by atoms with E-state index in [0.717, 1.165) is 6.26 Å². The van der Waals surface area contributed by atoms with E-state index in [1.165, 1.54) is 11.8 Å². The standard InChI is InChI=1S/C7H15NO6S3/c1-15-4-3-6(7(9)10)8-17(13,14)5-16(2,11)12/h6,8H,3-5H2,1-2H3,(H,9,10)/t6-/m1/s1. The average Bonchev–Trinajstić information content (AvgIpc) is 2.07. The first kappa shape index (κ1) is 16.7. The van der Waals surface area contributed by atoms with Crippen molar-refractivity contribution in [3.05, 3.63) is 0 Å². The molecule has 0 aromatic heterocycles. The van der Waals surface area contributed by atoms with Crippen molar-refractivity contribution in [2.24, 2.45) is 0 Å². The Morgan fingerprint density at radius 3 is 2.24 bits per heavy atom. The predicted octanol–water partition coefficient (Wildman–Crippen LogP) is -0.886. The molecule has 2 N–H and O–H groups in total. The number of sulfone groups is 1. The molecule has 0 radical (unpaired) electrons. The van der Waals surface area contributed by atoms with Crippen molar-refractivity contribution < 1.29 is 26.7 Å². The van der Waals surface area contributed by atoms with Crippen molar-refractivity contribution in [1.29, 1.82) is 0 Å². The molecule has 0 bridgehead atoms. The van der Waals surface area contributed by atoms with Crippen LogP contribution in [0.25, 0.3) is 0 Å². The summed E-state index contributed by atoms with van der Waals surface area (Å²) in [6.45, 7) is 0. The molecule has 7 nitrogen and oxygen atoms in total. The van der Waals surface area contributed by atoms with Gasteiger partial charge in [-0.25, -0.2) is 21.6 Å². The van der Waals surface area contributed by atoms with Crippen LogP contribution < -0.4 is 4.72 Å². The van der Waals surface area contributed by atoms with E-state index >= 15 is 0 Å². The summed E-state index contributed by atoms with van der Waals surface area (Å²) in [5.74, 6) is -0.866. The molecule has 17 heavy (non-hydrogen) atoms. The summed E-state index contributed by atoms with van der Waals surface area (Å²) in [5.41, 5.74) is 0. The lowest BCUT2D eigenvalue weighted by Gasteiger charge is -2.13. The van der Waals surface area contributed by atoms with Gasteiger partial charge >= 0.3 is 5.97 Å². The highest BCUT2D eigenvalue weighted by atomic mass is 32.3. The number of carboxylic acids is 1. The highest BCUT2D eigenvalue weighted by Gasteiger charge is 2.26. The topological polar surface area (TPSA) is 118 Å². The molecule has 0 saturated carbocycles. The number of carbonyl (C=O) groups is 1. The van der Waals surface area contributed by atoms with Gasteiger partial charge in [0, 0.05) is 6.26 Å². The molecule has 0 rings (SSSR count). The first-order valence-corrected chi connectivity index (χ1v) is 9.57. The fourth-order valence-electron chi connectivity index (χ4n) is 1.00. The van der Waals surface area contributed by atoms with E-state index in [1.807, 2.05) is 4.72 Å². The maximum Gasteiger partial charge on any atom is 0.321 e. The van der Waals surface area contributed by atoms with Crippen molar-refractivity contribution in [3.8, 4) is 0 Å². The Bertz CT molecular complexity index is 454. The van der Waals surface area contributed by atoms with Crippen LogP contribution in [-0.4, -0.2) is 57.3 Å². The predicted molar refractivity (Wildman–Crippen MR) is 66.2 cm³/mol. The summed E-state index contributed by atoms with van der Waals surface area (Å²) in [5, 5.41) is 7.67. The van der Waals surface area contributed by atoms with Gasteiger partial charge < -0.3 is 5.11 Å². The third-order valence-electron chi connectivity index (χ3n) is 1.60. The molecule has 0 heterocycles. The molecule has 0 unspecified atom stereocenters. The fourth-order valence-corrected chi connectivity index (χ4v) is 4.65. The molecule has 0 aliphatic rings. The molecule has 0 fully saturated rings. The van der Waals surface area contributed by atoms with Gasteiger partial charge in [-0.05, 0) is 18.4 Å². The highest BCUT2D eigenvalue weighted by Crippen LogP contribution is 2.03. The Morgan fingerprint density at radius 1 is 1.35 bits per heavy atom. The Balaban J connectivity index is 4.70. The van der Waals surface area contributed by atoms with Crippen molar-refractivity contribution >= 4 is 37.6 Å². The Labute approximate surface area is 105 Å². The number of hydrogen-bond donors (Lipinski definition) is 2. The Hall–Kier alpha value is -0.320. The highest BCUT2D eigenvalue weighted by molar-refractivity contribution is 8.06. The largest absolute Gasteiger partial charge is 0.480 e. The van der Waals surface area contributed by atoms with Crippen LogP contribution in [0.5, 0.6) is 0 Å². The van der Waals surface area contributed by atoms with Gasteiger partial charge in [0.05, 0.1) is 0 Å². The molecule has 0 aliphatic heterocycles. The molecule has 1 atom stereocenters. The average molecular weight is 305 g/mol. The number of nitrogens with one attached hydrogen (secondary N) is 1. The van der Waals surface area contributed by atoms with Gasteiger partial charge in [0.15, 0.2) is 14.9 Å². The second-order valence-corrected chi connectivity index (χ2v) is 8.69. The number of hydrogen-bond acceptors (Lipinski definition) is 6. The summed E-state index contributed by atoms with van der Waals surface area (Å²) < 4.78 is 46.3. The zero-order chi connectivity index (χ0) is 13.7. The van der Waals surface area contributed by atoms with Gasteiger partial charge in [-0.3, -0.25) is 4.79 Å². The van der Waals surface area contributed by atoms with Crippen LogP contribution in [0.3, 0.4) is 0 Å². The molecule has 0 aromatic carbocycles. The third kappa shape index (κ3) is 8.41. The molecule has 0 aliphatic carbocycles. The number of rotatable bonds is 8. The van der Waals surface area contributed by atoms with Crippen LogP contribution in [0.2, 0.25) is 0 Å². The van der Waals surface area contributed by atoms with E-state index < -0.39 is 37.0 Å². The number of sulfonamides is 1. The van der Waals surface area contributed by atoms with Crippen LogP contribution in [0.1, 0.15) is 6.42 Å². The normalized spacial score (nSPS) is 14.5. The summed E-state index contributed by atoms with van der Waals surface area (Å²) in [4.78, 5) is 10.8. The van der Waals surface area contributed by atoms with Crippen LogP contribution in [0.4, 0.5) is 0 Å². The van der Waals surface area contributed by atoms with E-state index in [0.29, 0.717) is 5.75 Å². The van der Waals surface area contributed by atoms with Crippen LogP contribution >= 0.6 is 11.8 Å². The van der Waals surface area contributed by atoms with Gasteiger partial charge in [0.25, 0.3) is 0 Å². The molecule has 10 heteroatoms. The fraction of sp³-hybridized carbons (Fsp3) is 0.857. The summed E-state index contributed by atoms with van der Waals surface area (Å²) in [6.07, 6.45) is 2.62.